The number of hydrogen-bond donors (Lipinski definition) is 0. The zero-order valence-corrected chi connectivity index (χ0v) is 9.93. The summed E-state index contributed by atoms with van der Waals surface area (Å²) >= 11 is 0. The third-order valence-corrected chi connectivity index (χ3v) is 5.88. The summed E-state index contributed by atoms with van der Waals surface area (Å²) in [5.41, 5.74) is 3.07. The molecule has 78 valence electrons. The molecule has 3 aliphatic carbocycles. The molecule has 0 aliphatic heterocycles. The van der Waals surface area contributed by atoms with E-state index in [4.69, 9.17) is 0 Å². The lowest BCUT2D eigenvalue weighted by atomic mass is 9.65. The molecule has 0 amide bonds. The summed E-state index contributed by atoms with van der Waals surface area (Å²) in [5.74, 6) is 2.73. The molecule has 4 atom stereocenters. The van der Waals surface area contributed by atoms with Crippen molar-refractivity contribution in [1.82, 2.24) is 0 Å². The van der Waals surface area contributed by atoms with Crippen LogP contribution in [0.5, 0.6) is 0 Å². The van der Waals surface area contributed by atoms with Crippen molar-refractivity contribution < 1.29 is 0 Å². The van der Waals surface area contributed by atoms with Gasteiger partial charge in [0, 0.05) is 0 Å². The highest BCUT2D eigenvalue weighted by atomic mass is 14.7. The van der Waals surface area contributed by atoms with Crippen LogP contribution in [0, 0.1) is 28.6 Å². The van der Waals surface area contributed by atoms with Gasteiger partial charge in [-0.3, -0.25) is 0 Å². The van der Waals surface area contributed by atoms with Gasteiger partial charge in [0.1, 0.15) is 0 Å². The van der Waals surface area contributed by atoms with Gasteiger partial charge in [0.05, 0.1) is 0 Å². The molecule has 0 spiro atoms. The Morgan fingerprint density at radius 3 is 2.57 bits per heavy atom. The Morgan fingerprint density at radius 1 is 1.36 bits per heavy atom. The SMILES string of the molecule is CC1=C[C@@H]2C[C@@]3(C(C)C)CC[C@]2(C)[C@H]13. The number of hydrogen-bond acceptors (Lipinski definition) is 0. The van der Waals surface area contributed by atoms with E-state index in [1.807, 2.05) is 0 Å². The van der Waals surface area contributed by atoms with Crippen LogP contribution in [0.2, 0.25) is 0 Å². The third-order valence-electron chi connectivity index (χ3n) is 5.88. The van der Waals surface area contributed by atoms with Gasteiger partial charge in [-0.05, 0) is 54.8 Å². The zero-order valence-electron chi connectivity index (χ0n) is 9.93. The van der Waals surface area contributed by atoms with Crippen molar-refractivity contribution in [3.63, 3.8) is 0 Å². The van der Waals surface area contributed by atoms with E-state index in [0.717, 1.165) is 17.8 Å². The van der Waals surface area contributed by atoms with Gasteiger partial charge < -0.3 is 0 Å². The fraction of sp³-hybridized carbons (Fsp3) is 0.857. The predicted molar refractivity (Wildman–Crippen MR) is 60.0 cm³/mol. The normalized spacial score (nSPS) is 54.5. The standard InChI is InChI=1S/C14H22/c1-9(2)14-6-5-13(4)11(8-14)7-10(3)12(13)14/h7,9,11-12H,5-6,8H2,1-4H3/t11-,12+,13+,14-/m1/s1. The Hall–Kier alpha value is -0.260. The molecule has 0 radical (unpaired) electrons. The minimum absolute atomic E-state index is 0.661. The largest absolute Gasteiger partial charge is 0.0816 e. The smallest absolute Gasteiger partial charge is 0.00870 e. The second-order valence-electron chi connectivity index (χ2n) is 6.55. The minimum atomic E-state index is 0.661. The van der Waals surface area contributed by atoms with Crippen LogP contribution in [0.4, 0.5) is 0 Å². The molecule has 2 fully saturated rings. The molecule has 0 aromatic carbocycles. The summed E-state index contributed by atoms with van der Waals surface area (Å²) in [6, 6.07) is 0. The summed E-state index contributed by atoms with van der Waals surface area (Å²) in [6.07, 6.45) is 7.05. The van der Waals surface area contributed by atoms with Crippen molar-refractivity contribution in [2.45, 2.75) is 47.0 Å². The Kier molecular flexibility index (Phi) is 1.47. The van der Waals surface area contributed by atoms with E-state index in [9.17, 15) is 0 Å². The van der Waals surface area contributed by atoms with Crippen LogP contribution in [0.3, 0.4) is 0 Å². The second-order valence-corrected chi connectivity index (χ2v) is 6.55. The molecular weight excluding hydrogens is 168 g/mol. The Balaban J connectivity index is 2.12. The lowest BCUT2D eigenvalue weighted by molar-refractivity contribution is 0.145. The van der Waals surface area contributed by atoms with Gasteiger partial charge in [0.25, 0.3) is 0 Å². The summed E-state index contributed by atoms with van der Waals surface area (Å²) in [7, 11) is 0. The monoisotopic (exact) mass is 190 g/mol. The maximum atomic E-state index is 2.59. The highest BCUT2D eigenvalue weighted by Crippen LogP contribution is 2.75. The Morgan fingerprint density at radius 2 is 2.07 bits per heavy atom. The number of rotatable bonds is 1. The third kappa shape index (κ3) is 0.708. The van der Waals surface area contributed by atoms with Crippen LogP contribution in [0.25, 0.3) is 0 Å². The maximum Gasteiger partial charge on any atom is -0.00870 e. The molecule has 4 bridgehead atoms. The van der Waals surface area contributed by atoms with E-state index in [1.165, 1.54) is 19.3 Å². The molecule has 3 rings (SSSR count). The molecule has 0 nitrogen and oxygen atoms in total. The highest BCUT2D eigenvalue weighted by Gasteiger charge is 2.67. The molecule has 3 aliphatic rings. The fourth-order valence-corrected chi connectivity index (χ4v) is 5.20. The van der Waals surface area contributed by atoms with E-state index in [-0.39, 0.29) is 0 Å². The molecule has 14 heavy (non-hydrogen) atoms. The van der Waals surface area contributed by atoms with Crippen molar-refractivity contribution in [2.24, 2.45) is 28.6 Å². The van der Waals surface area contributed by atoms with Gasteiger partial charge in [-0.25, -0.2) is 0 Å². The van der Waals surface area contributed by atoms with Gasteiger partial charge in [-0.2, -0.15) is 0 Å². The quantitative estimate of drug-likeness (QED) is 0.548. The second kappa shape index (κ2) is 2.28. The van der Waals surface area contributed by atoms with E-state index < -0.39 is 0 Å². The van der Waals surface area contributed by atoms with Crippen LogP contribution in [-0.4, -0.2) is 0 Å². The first-order valence-corrected chi connectivity index (χ1v) is 6.19. The first-order chi connectivity index (χ1) is 6.51. The molecule has 0 N–H and O–H groups in total. The lowest BCUT2D eigenvalue weighted by Crippen LogP contribution is -2.31. The average Bonchev–Trinajstić information content (AvgIpc) is 2.62. The van der Waals surface area contributed by atoms with Crippen LogP contribution >= 0.6 is 0 Å². The molecule has 2 saturated carbocycles. The molecule has 0 heteroatoms. The first kappa shape index (κ1) is 9.00. The van der Waals surface area contributed by atoms with Crippen molar-refractivity contribution >= 4 is 0 Å². The van der Waals surface area contributed by atoms with Crippen LogP contribution < -0.4 is 0 Å². The molecular formula is C14H22. The van der Waals surface area contributed by atoms with Gasteiger partial charge in [0.15, 0.2) is 0 Å². The lowest BCUT2D eigenvalue weighted by Gasteiger charge is -2.39. The average molecular weight is 190 g/mol. The van der Waals surface area contributed by atoms with Gasteiger partial charge >= 0.3 is 0 Å². The van der Waals surface area contributed by atoms with E-state index in [2.05, 4.69) is 33.8 Å². The van der Waals surface area contributed by atoms with E-state index >= 15 is 0 Å². The molecule has 0 heterocycles. The maximum absolute atomic E-state index is 2.59. The van der Waals surface area contributed by atoms with Crippen LogP contribution in [0.15, 0.2) is 11.6 Å². The first-order valence-electron chi connectivity index (χ1n) is 6.19. The predicted octanol–water partition coefficient (Wildman–Crippen LogP) is 4.02. The highest BCUT2D eigenvalue weighted by molar-refractivity contribution is 5.33. The Bertz CT molecular complexity index is 312. The summed E-state index contributed by atoms with van der Waals surface area (Å²) in [5, 5.41) is 0. The van der Waals surface area contributed by atoms with E-state index in [1.54, 1.807) is 5.57 Å². The van der Waals surface area contributed by atoms with E-state index in [0.29, 0.717) is 10.8 Å². The molecule has 0 aromatic heterocycles. The summed E-state index contributed by atoms with van der Waals surface area (Å²) in [4.78, 5) is 0. The van der Waals surface area contributed by atoms with Crippen molar-refractivity contribution in [2.75, 3.05) is 0 Å². The van der Waals surface area contributed by atoms with Crippen molar-refractivity contribution in [1.29, 1.82) is 0 Å². The Labute approximate surface area is 87.8 Å². The topological polar surface area (TPSA) is 0 Å². The number of allylic oxidation sites excluding steroid dienone is 2. The minimum Gasteiger partial charge on any atom is -0.0816 e. The van der Waals surface area contributed by atoms with Crippen LogP contribution in [0.1, 0.15) is 47.0 Å². The molecule has 0 aromatic rings. The van der Waals surface area contributed by atoms with Gasteiger partial charge in [-0.15, -0.1) is 0 Å². The van der Waals surface area contributed by atoms with Gasteiger partial charge in [-0.1, -0.05) is 32.4 Å². The summed E-state index contributed by atoms with van der Waals surface area (Å²) in [6.45, 7) is 9.82. The zero-order chi connectivity index (χ0) is 10.1. The van der Waals surface area contributed by atoms with Crippen molar-refractivity contribution in [3.05, 3.63) is 11.6 Å². The molecule has 0 saturated heterocycles. The van der Waals surface area contributed by atoms with Crippen LogP contribution in [-0.2, 0) is 0 Å². The molecule has 0 unspecified atom stereocenters. The van der Waals surface area contributed by atoms with Crippen molar-refractivity contribution in [3.8, 4) is 0 Å². The summed E-state index contributed by atoms with van der Waals surface area (Å²) < 4.78 is 0. The van der Waals surface area contributed by atoms with Gasteiger partial charge in [0.2, 0.25) is 0 Å². The fourth-order valence-electron chi connectivity index (χ4n) is 5.20.